The fraction of sp³-hybridized carbons (Fsp3) is 0.727. The summed E-state index contributed by atoms with van der Waals surface area (Å²) in [4.78, 5) is 35.8. The van der Waals surface area contributed by atoms with Crippen molar-refractivity contribution in [3.63, 3.8) is 0 Å². The number of hydrogen-bond donors (Lipinski definition) is 3. The molecule has 1 aliphatic heterocycles. The number of piperazine rings is 1. The number of carboxylic acids is 1. The van der Waals surface area contributed by atoms with Gasteiger partial charge in [0, 0.05) is 12.6 Å². The molecule has 2 aliphatic rings. The highest BCUT2D eigenvalue weighted by atomic mass is 16.4. The van der Waals surface area contributed by atoms with E-state index in [4.69, 9.17) is 5.11 Å². The Balaban J connectivity index is 2.03. The summed E-state index contributed by atoms with van der Waals surface area (Å²) in [5.74, 6) is -1.49. The van der Waals surface area contributed by atoms with Crippen LogP contribution in [0.4, 0.5) is 0 Å². The van der Waals surface area contributed by atoms with Crippen molar-refractivity contribution in [3.8, 4) is 0 Å². The van der Waals surface area contributed by atoms with E-state index in [9.17, 15) is 14.4 Å². The summed E-state index contributed by atoms with van der Waals surface area (Å²) in [6.45, 7) is 1.61. The Kier molecular flexibility index (Phi) is 3.51. The first kappa shape index (κ1) is 12.8. The van der Waals surface area contributed by atoms with Crippen LogP contribution in [0.15, 0.2) is 0 Å². The normalized spacial score (nSPS) is 26.3. The highest BCUT2D eigenvalue weighted by Gasteiger charge is 2.38. The minimum absolute atomic E-state index is 0.0369. The van der Waals surface area contributed by atoms with Crippen LogP contribution in [0.1, 0.15) is 19.8 Å². The van der Waals surface area contributed by atoms with Crippen LogP contribution in [0, 0.1) is 0 Å². The van der Waals surface area contributed by atoms with E-state index in [-0.39, 0.29) is 30.9 Å². The van der Waals surface area contributed by atoms with Gasteiger partial charge in [0.25, 0.3) is 0 Å². The van der Waals surface area contributed by atoms with Crippen molar-refractivity contribution in [1.82, 2.24) is 15.5 Å². The second kappa shape index (κ2) is 4.93. The van der Waals surface area contributed by atoms with E-state index in [0.717, 1.165) is 12.8 Å². The largest absolute Gasteiger partial charge is 0.480 e. The van der Waals surface area contributed by atoms with E-state index in [0.29, 0.717) is 0 Å². The van der Waals surface area contributed by atoms with Crippen molar-refractivity contribution >= 4 is 17.8 Å². The molecule has 100 valence electrons. The summed E-state index contributed by atoms with van der Waals surface area (Å²) in [5.41, 5.74) is 0. The van der Waals surface area contributed by atoms with Crippen LogP contribution in [0.2, 0.25) is 0 Å². The molecule has 1 saturated carbocycles. The van der Waals surface area contributed by atoms with Gasteiger partial charge in [0.15, 0.2) is 0 Å². The molecule has 0 aromatic rings. The molecule has 7 nitrogen and oxygen atoms in total. The molecule has 2 rings (SSSR count). The molecule has 3 N–H and O–H groups in total. The highest BCUT2D eigenvalue weighted by molar-refractivity contribution is 5.87. The van der Waals surface area contributed by atoms with E-state index in [1.165, 1.54) is 4.90 Å². The average Bonchev–Trinajstić information content (AvgIpc) is 3.11. The average molecular weight is 255 g/mol. The molecule has 0 bridgehead atoms. The van der Waals surface area contributed by atoms with Crippen LogP contribution >= 0.6 is 0 Å². The lowest BCUT2D eigenvalue weighted by Crippen LogP contribution is -2.62. The molecule has 1 aliphatic carbocycles. The standard InChI is InChI=1S/C11H17N3O4/c1-6(10(16)13-7-2-3-7)14-5-9(15)12-4-8(14)11(17)18/h6-8H,2-5H2,1H3,(H,12,15)(H,13,16)(H,17,18). The van der Waals surface area contributed by atoms with Crippen molar-refractivity contribution < 1.29 is 19.5 Å². The van der Waals surface area contributed by atoms with Gasteiger partial charge in [-0.15, -0.1) is 0 Å². The quantitative estimate of drug-likeness (QED) is 0.570. The molecule has 0 aromatic heterocycles. The van der Waals surface area contributed by atoms with Crippen LogP contribution < -0.4 is 10.6 Å². The Bertz CT molecular complexity index is 380. The molecule has 1 heterocycles. The summed E-state index contributed by atoms with van der Waals surface area (Å²) < 4.78 is 0. The Morgan fingerprint density at radius 3 is 2.72 bits per heavy atom. The van der Waals surface area contributed by atoms with Gasteiger partial charge in [0.1, 0.15) is 6.04 Å². The molecule has 18 heavy (non-hydrogen) atoms. The molecule has 0 aromatic carbocycles. The monoisotopic (exact) mass is 255 g/mol. The van der Waals surface area contributed by atoms with E-state index < -0.39 is 18.1 Å². The lowest BCUT2D eigenvalue weighted by molar-refractivity contribution is -0.148. The minimum atomic E-state index is -1.03. The van der Waals surface area contributed by atoms with E-state index in [1.54, 1.807) is 6.92 Å². The van der Waals surface area contributed by atoms with Gasteiger partial charge < -0.3 is 15.7 Å². The van der Waals surface area contributed by atoms with Crippen molar-refractivity contribution in [2.45, 2.75) is 37.9 Å². The number of nitrogens with zero attached hydrogens (tertiary/aromatic N) is 1. The predicted octanol–water partition coefficient (Wildman–Crippen LogP) is -1.46. The summed E-state index contributed by atoms with van der Waals surface area (Å²) in [6.07, 6.45) is 1.95. The van der Waals surface area contributed by atoms with Gasteiger partial charge in [-0.3, -0.25) is 19.3 Å². The van der Waals surface area contributed by atoms with Crippen LogP contribution in [-0.4, -0.2) is 59.0 Å². The maximum atomic E-state index is 11.9. The second-order valence-corrected chi connectivity index (χ2v) is 4.79. The number of carbonyl (C=O) groups excluding carboxylic acids is 2. The van der Waals surface area contributed by atoms with Crippen LogP contribution in [0.3, 0.4) is 0 Å². The number of carbonyl (C=O) groups is 3. The van der Waals surface area contributed by atoms with Gasteiger partial charge in [-0.2, -0.15) is 0 Å². The minimum Gasteiger partial charge on any atom is -0.480 e. The second-order valence-electron chi connectivity index (χ2n) is 4.79. The molecule has 0 spiro atoms. The van der Waals surface area contributed by atoms with Crippen LogP contribution in [0.25, 0.3) is 0 Å². The number of rotatable bonds is 4. The van der Waals surface area contributed by atoms with Gasteiger partial charge >= 0.3 is 5.97 Å². The third-order valence-electron chi connectivity index (χ3n) is 3.30. The zero-order valence-corrected chi connectivity index (χ0v) is 10.2. The van der Waals surface area contributed by atoms with Gasteiger partial charge in [0.05, 0.1) is 12.6 Å². The smallest absolute Gasteiger partial charge is 0.322 e. The number of nitrogens with one attached hydrogen (secondary N) is 2. The first-order chi connectivity index (χ1) is 8.49. The summed E-state index contributed by atoms with van der Waals surface area (Å²) in [5, 5.41) is 14.4. The van der Waals surface area contributed by atoms with Crippen LogP contribution in [-0.2, 0) is 14.4 Å². The molecule has 1 saturated heterocycles. The van der Waals surface area contributed by atoms with Gasteiger partial charge in [0.2, 0.25) is 11.8 Å². The fourth-order valence-electron chi connectivity index (χ4n) is 2.00. The molecule has 0 radical (unpaired) electrons. The fourth-order valence-corrected chi connectivity index (χ4v) is 2.00. The third-order valence-corrected chi connectivity index (χ3v) is 3.30. The molecule has 7 heteroatoms. The summed E-state index contributed by atoms with van der Waals surface area (Å²) in [6, 6.07) is -1.23. The van der Waals surface area contributed by atoms with Gasteiger partial charge in [-0.25, -0.2) is 0 Å². The highest BCUT2D eigenvalue weighted by Crippen LogP contribution is 2.19. The lowest BCUT2D eigenvalue weighted by Gasteiger charge is -2.36. The zero-order chi connectivity index (χ0) is 13.3. The number of amides is 2. The number of hydrogen-bond acceptors (Lipinski definition) is 4. The Labute approximate surface area is 105 Å². The number of carboxylic acid groups (broad SMARTS) is 1. The summed E-state index contributed by atoms with van der Waals surface area (Å²) in [7, 11) is 0. The SMILES string of the molecule is CC(C(=O)NC1CC1)N1CC(=O)NCC1C(=O)O. The Morgan fingerprint density at radius 2 is 2.17 bits per heavy atom. The Hall–Kier alpha value is -1.63. The molecule has 2 fully saturated rings. The first-order valence-electron chi connectivity index (χ1n) is 6.04. The van der Waals surface area contributed by atoms with Crippen molar-refractivity contribution in [3.05, 3.63) is 0 Å². The van der Waals surface area contributed by atoms with Gasteiger partial charge in [-0.1, -0.05) is 0 Å². The third kappa shape index (κ3) is 2.79. The molecule has 2 unspecified atom stereocenters. The lowest BCUT2D eigenvalue weighted by atomic mass is 10.1. The van der Waals surface area contributed by atoms with Crippen molar-refractivity contribution in [2.24, 2.45) is 0 Å². The molecular formula is C11H17N3O4. The number of aliphatic carboxylic acids is 1. The molecule has 2 atom stereocenters. The van der Waals surface area contributed by atoms with E-state index in [2.05, 4.69) is 10.6 Å². The maximum absolute atomic E-state index is 11.9. The predicted molar refractivity (Wildman–Crippen MR) is 61.8 cm³/mol. The van der Waals surface area contributed by atoms with Crippen molar-refractivity contribution in [1.29, 1.82) is 0 Å². The first-order valence-corrected chi connectivity index (χ1v) is 6.04. The van der Waals surface area contributed by atoms with Gasteiger partial charge in [-0.05, 0) is 19.8 Å². The van der Waals surface area contributed by atoms with E-state index >= 15 is 0 Å². The molecule has 2 amide bonds. The molecular weight excluding hydrogens is 238 g/mol. The van der Waals surface area contributed by atoms with Crippen LogP contribution in [0.5, 0.6) is 0 Å². The summed E-state index contributed by atoms with van der Waals surface area (Å²) >= 11 is 0. The topological polar surface area (TPSA) is 98.7 Å². The van der Waals surface area contributed by atoms with Crippen molar-refractivity contribution in [2.75, 3.05) is 13.1 Å². The maximum Gasteiger partial charge on any atom is 0.322 e. The van der Waals surface area contributed by atoms with E-state index in [1.807, 2.05) is 0 Å². The zero-order valence-electron chi connectivity index (χ0n) is 10.2. The Morgan fingerprint density at radius 1 is 1.50 bits per heavy atom.